The zero-order valence-corrected chi connectivity index (χ0v) is 12.9. The monoisotopic (exact) mass is 343 g/mol. The largest absolute Gasteiger partial charge is 0.502 e. The lowest BCUT2D eigenvalue weighted by atomic mass is 10.0. The summed E-state index contributed by atoms with van der Waals surface area (Å²) in [6.07, 6.45) is 3.02. The van der Waals surface area contributed by atoms with Crippen LogP contribution >= 0.6 is 0 Å². The number of nitrogens with zero attached hydrogens (tertiary/aromatic N) is 2. The molecule has 0 aliphatic rings. The molecular weight excluding hydrogens is 329 g/mol. The van der Waals surface area contributed by atoms with Crippen LogP contribution in [0.25, 0.3) is 0 Å². The highest BCUT2D eigenvalue weighted by atomic mass is 19.1. The lowest BCUT2D eigenvalue weighted by molar-refractivity contribution is 0.234. The molecule has 0 bridgehead atoms. The summed E-state index contributed by atoms with van der Waals surface area (Å²) in [5.41, 5.74) is -0.199. The average molecular weight is 343 g/mol. The van der Waals surface area contributed by atoms with Crippen LogP contribution in [0.3, 0.4) is 0 Å². The summed E-state index contributed by atoms with van der Waals surface area (Å²) >= 11 is 0. The third-order valence-electron chi connectivity index (χ3n) is 3.46. The molecule has 8 heteroatoms. The van der Waals surface area contributed by atoms with Crippen LogP contribution in [0, 0.1) is 5.82 Å². The van der Waals surface area contributed by atoms with Crippen LogP contribution in [0.15, 0.2) is 58.0 Å². The van der Waals surface area contributed by atoms with Gasteiger partial charge in [0, 0.05) is 18.5 Å². The van der Waals surface area contributed by atoms with Crippen LogP contribution in [0.4, 0.5) is 10.3 Å². The maximum absolute atomic E-state index is 13.2. The quantitative estimate of drug-likeness (QED) is 0.650. The topological polar surface area (TPSA) is 108 Å². The maximum atomic E-state index is 13.2. The van der Waals surface area contributed by atoms with Crippen LogP contribution in [0.5, 0.6) is 5.75 Å². The minimum Gasteiger partial charge on any atom is -0.502 e. The van der Waals surface area contributed by atoms with Crippen molar-refractivity contribution in [1.29, 1.82) is 0 Å². The third kappa shape index (κ3) is 3.64. The number of rotatable bonds is 5. The molecule has 2 heterocycles. The van der Waals surface area contributed by atoms with Crippen molar-refractivity contribution < 1.29 is 19.0 Å². The molecule has 0 amide bonds. The maximum Gasteiger partial charge on any atom is 0.227 e. The van der Waals surface area contributed by atoms with Crippen LogP contribution in [0.2, 0.25) is 0 Å². The first-order chi connectivity index (χ1) is 12.1. The number of aromatic nitrogens is 2. The molecule has 128 valence electrons. The summed E-state index contributed by atoms with van der Waals surface area (Å²) in [6, 6.07) is 7.17. The summed E-state index contributed by atoms with van der Waals surface area (Å²) in [5, 5.41) is 22.3. The Bertz CT molecular complexity index is 913. The normalized spacial score (nSPS) is 11.9. The molecule has 25 heavy (non-hydrogen) atoms. The van der Waals surface area contributed by atoms with E-state index in [4.69, 9.17) is 4.42 Å². The molecule has 0 radical (unpaired) electrons. The molecule has 0 aliphatic heterocycles. The van der Waals surface area contributed by atoms with E-state index in [1.54, 1.807) is 6.07 Å². The highest BCUT2D eigenvalue weighted by Gasteiger charge is 2.24. The molecule has 1 aromatic carbocycles. The van der Waals surface area contributed by atoms with Crippen molar-refractivity contribution in [2.45, 2.75) is 12.6 Å². The van der Waals surface area contributed by atoms with Gasteiger partial charge >= 0.3 is 0 Å². The smallest absolute Gasteiger partial charge is 0.227 e. The van der Waals surface area contributed by atoms with Crippen molar-refractivity contribution in [1.82, 2.24) is 9.97 Å². The molecular formula is C17H14FN3O4. The van der Waals surface area contributed by atoms with Gasteiger partial charge in [-0.3, -0.25) is 4.79 Å². The van der Waals surface area contributed by atoms with Crippen LogP contribution in [0.1, 0.15) is 23.1 Å². The molecule has 0 aliphatic carbocycles. The number of aliphatic hydroxyl groups is 1. The fourth-order valence-corrected chi connectivity index (χ4v) is 2.29. The second-order valence-corrected chi connectivity index (χ2v) is 5.15. The number of nitrogens with one attached hydrogen (secondary N) is 1. The van der Waals surface area contributed by atoms with E-state index < -0.39 is 29.6 Å². The molecule has 3 rings (SSSR count). The Morgan fingerprint density at radius 1 is 1.20 bits per heavy atom. The lowest BCUT2D eigenvalue weighted by Crippen LogP contribution is -2.17. The highest BCUT2D eigenvalue weighted by Crippen LogP contribution is 2.30. The first-order valence-corrected chi connectivity index (χ1v) is 7.34. The molecule has 0 saturated carbocycles. The van der Waals surface area contributed by atoms with Crippen LogP contribution < -0.4 is 10.7 Å². The van der Waals surface area contributed by atoms with Crippen molar-refractivity contribution in [3.8, 4) is 5.75 Å². The summed E-state index contributed by atoms with van der Waals surface area (Å²) < 4.78 is 18.7. The van der Waals surface area contributed by atoms with E-state index in [-0.39, 0.29) is 17.5 Å². The standard InChI is InChI=1S/C17H14FN3O4/c18-11-4-2-10(3-5-11)14(21-17-19-6-1-7-20-17)16-15(24)13(23)8-12(9-22)25-16/h1-8,14,22,24H,9H2,(H,19,20,21)/t14-/m1/s1. The minimum atomic E-state index is -0.873. The Hall–Kier alpha value is -3.26. The van der Waals surface area contributed by atoms with Gasteiger partial charge < -0.3 is 19.9 Å². The van der Waals surface area contributed by atoms with E-state index in [0.29, 0.717) is 5.56 Å². The Labute approximate surface area is 141 Å². The molecule has 0 unspecified atom stereocenters. The summed E-state index contributed by atoms with van der Waals surface area (Å²) in [6.45, 7) is -0.513. The Morgan fingerprint density at radius 2 is 1.88 bits per heavy atom. The molecule has 3 N–H and O–H groups in total. The van der Waals surface area contributed by atoms with Crippen molar-refractivity contribution >= 4 is 5.95 Å². The van der Waals surface area contributed by atoms with E-state index in [2.05, 4.69) is 15.3 Å². The number of benzene rings is 1. The zero-order valence-electron chi connectivity index (χ0n) is 12.9. The van der Waals surface area contributed by atoms with Crippen LogP contribution in [-0.2, 0) is 6.61 Å². The summed E-state index contributed by atoms with van der Waals surface area (Å²) in [4.78, 5) is 20.0. The molecule has 0 spiro atoms. The third-order valence-corrected chi connectivity index (χ3v) is 3.46. The second kappa shape index (κ2) is 7.10. The molecule has 3 aromatic rings. The van der Waals surface area contributed by atoms with Gasteiger partial charge in [-0.2, -0.15) is 0 Å². The predicted molar refractivity (Wildman–Crippen MR) is 86.5 cm³/mol. The van der Waals surface area contributed by atoms with Gasteiger partial charge in [-0.25, -0.2) is 14.4 Å². The predicted octanol–water partition coefficient (Wildman–Crippen LogP) is 1.97. The van der Waals surface area contributed by atoms with Crippen molar-refractivity contribution in [3.05, 3.63) is 81.9 Å². The van der Waals surface area contributed by atoms with Crippen molar-refractivity contribution in [2.75, 3.05) is 5.32 Å². The average Bonchev–Trinajstić information content (AvgIpc) is 2.64. The molecule has 0 saturated heterocycles. The van der Waals surface area contributed by atoms with E-state index in [9.17, 15) is 19.4 Å². The number of halogens is 1. The van der Waals surface area contributed by atoms with E-state index >= 15 is 0 Å². The van der Waals surface area contributed by atoms with Gasteiger partial charge in [0.2, 0.25) is 17.1 Å². The second-order valence-electron chi connectivity index (χ2n) is 5.15. The van der Waals surface area contributed by atoms with Gasteiger partial charge in [-0.05, 0) is 23.8 Å². The summed E-state index contributed by atoms with van der Waals surface area (Å²) in [5.74, 6) is -0.979. The molecule has 2 aromatic heterocycles. The molecule has 1 atom stereocenters. The number of anilines is 1. The van der Waals surface area contributed by atoms with Gasteiger partial charge in [0.25, 0.3) is 0 Å². The number of hydrogen-bond donors (Lipinski definition) is 3. The fourth-order valence-electron chi connectivity index (χ4n) is 2.29. The van der Waals surface area contributed by atoms with Crippen molar-refractivity contribution in [3.63, 3.8) is 0 Å². The van der Waals surface area contributed by atoms with E-state index in [0.717, 1.165) is 6.07 Å². The minimum absolute atomic E-state index is 0.0132. The Morgan fingerprint density at radius 3 is 2.52 bits per heavy atom. The SMILES string of the molecule is O=c1cc(CO)oc([C@H](Nc2ncccn2)c2ccc(F)cc2)c1O. The first kappa shape index (κ1) is 16.6. The molecule has 0 fully saturated rings. The number of aliphatic hydroxyl groups excluding tert-OH is 1. The lowest BCUT2D eigenvalue weighted by Gasteiger charge is -2.19. The Kier molecular flexibility index (Phi) is 4.71. The van der Waals surface area contributed by atoms with Crippen LogP contribution in [-0.4, -0.2) is 20.2 Å². The Balaban J connectivity index is 2.12. The molecule has 7 nitrogen and oxygen atoms in total. The van der Waals surface area contributed by atoms with Gasteiger partial charge in [0.05, 0.1) is 0 Å². The van der Waals surface area contributed by atoms with Gasteiger partial charge in [0.1, 0.15) is 24.2 Å². The van der Waals surface area contributed by atoms with Gasteiger partial charge in [-0.15, -0.1) is 0 Å². The van der Waals surface area contributed by atoms with Gasteiger partial charge in [-0.1, -0.05) is 12.1 Å². The highest BCUT2D eigenvalue weighted by molar-refractivity contribution is 5.42. The van der Waals surface area contributed by atoms with Crippen molar-refractivity contribution in [2.24, 2.45) is 0 Å². The fraction of sp³-hybridized carbons (Fsp3) is 0.118. The zero-order chi connectivity index (χ0) is 17.8. The van der Waals surface area contributed by atoms with E-state index in [1.807, 2.05) is 0 Å². The van der Waals surface area contributed by atoms with E-state index in [1.165, 1.54) is 36.7 Å². The summed E-state index contributed by atoms with van der Waals surface area (Å²) in [7, 11) is 0. The first-order valence-electron chi connectivity index (χ1n) is 7.34. The van der Waals surface area contributed by atoms with Gasteiger partial charge in [0.15, 0.2) is 5.76 Å². The number of aromatic hydroxyl groups is 1. The number of hydrogen-bond acceptors (Lipinski definition) is 7.